The molecule has 1 aromatic rings. The summed E-state index contributed by atoms with van der Waals surface area (Å²) in [7, 11) is 0. The van der Waals surface area contributed by atoms with Gasteiger partial charge in [-0.2, -0.15) is 0 Å². The molecule has 9 heteroatoms. The van der Waals surface area contributed by atoms with Crippen LogP contribution in [0, 0.1) is 5.92 Å². The Bertz CT molecular complexity index is 528. The maximum Gasteiger partial charge on any atom is 0.346 e. The minimum absolute atomic E-state index is 0.0914. The third-order valence-corrected chi connectivity index (χ3v) is 3.00. The number of piperidine rings is 1. The number of carbonyl (C=O) groups is 2. The highest BCUT2D eigenvalue weighted by molar-refractivity contribution is 6.28. The van der Waals surface area contributed by atoms with E-state index in [2.05, 4.69) is 20.6 Å². The van der Waals surface area contributed by atoms with Crippen molar-refractivity contribution in [2.24, 2.45) is 5.92 Å². The fourth-order valence-electron chi connectivity index (χ4n) is 1.69. The van der Waals surface area contributed by atoms with E-state index in [4.69, 9.17) is 16.7 Å². The van der Waals surface area contributed by atoms with Gasteiger partial charge in [0.2, 0.25) is 5.91 Å². The lowest BCUT2D eigenvalue weighted by atomic mass is 9.99. The fraction of sp³-hybridized carbons (Fsp3) is 0.500. The lowest BCUT2D eigenvalue weighted by Gasteiger charge is -2.17. The van der Waals surface area contributed by atoms with Crippen LogP contribution in [-0.4, -0.2) is 45.9 Å². The summed E-state index contributed by atoms with van der Waals surface area (Å²) >= 11 is 5.22. The summed E-state index contributed by atoms with van der Waals surface area (Å²) in [4.78, 5) is 37.3. The minimum Gasteiger partial charge on any atom is -0.481 e. The molecule has 4 N–H and O–H groups in total. The number of alkyl halides is 1. The summed E-state index contributed by atoms with van der Waals surface area (Å²) in [5, 5.41) is 14.0. The number of aromatic nitrogens is 2. The van der Waals surface area contributed by atoms with Gasteiger partial charge in [0.05, 0.1) is 5.92 Å². The van der Waals surface area contributed by atoms with E-state index in [0.717, 1.165) is 25.9 Å². The van der Waals surface area contributed by atoms with Gasteiger partial charge < -0.3 is 15.7 Å². The largest absolute Gasteiger partial charge is 0.481 e. The van der Waals surface area contributed by atoms with Gasteiger partial charge in [-0.3, -0.25) is 14.6 Å². The number of amides is 1. The standard InChI is InChI=1S/C6H6ClN3O2.C6H11NO2/c7-3-5(11)9-4-1-2-8-6(12)10-4;8-6(9)5-1-3-7-4-2-5/h1-2H,3H2,(H2,8,9,10,11,12);5,7H,1-4H2,(H,8,9). The van der Waals surface area contributed by atoms with Crippen LogP contribution in [0.25, 0.3) is 0 Å². The molecule has 0 radical (unpaired) electrons. The van der Waals surface area contributed by atoms with E-state index in [1.54, 1.807) is 0 Å². The quantitative estimate of drug-likeness (QED) is 0.583. The molecule has 116 valence electrons. The predicted molar refractivity (Wildman–Crippen MR) is 77.4 cm³/mol. The molecule has 21 heavy (non-hydrogen) atoms. The molecule has 0 spiro atoms. The van der Waals surface area contributed by atoms with Gasteiger partial charge in [-0.05, 0) is 32.0 Å². The topological polar surface area (TPSA) is 124 Å². The first-order valence-corrected chi connectivity index (χ1v) is 6.91. The third-order valence-electron chi connectivity index (χ3n) is 2.76. The summed E-state index contributed by atoms with van der Waals surface area (Å²) in [5.41, 5.74) is -0.512. The van der Waals surface area contributed by atoms with E-state index in [1.165, 1.54) is 12.3 Å². The second-order valence-electron chi connectivity index (χ2n) is 4.33. The number of hydrogen-bond acceptors (Lipinski definition) is 5. The van der Waals surface area contributed by atoms with E-state index in [9.17, 15) is 14.4 Å². The highest BCUT2D eigenvalue weighted by Crippen LogP contribution is 2.10. The smallest absolute Gasteiger partial charge is 0.346 e. The van der Waals surface area contributed by atoms with Gasteiger partial charge in [0.25, 0.3) is 0 Å². The second-order valence-corrected chi connectivity index (χ2v) is 4.60. The molecule has 1 aliphatic rings. The molecule has 0 unspecified atom stereocenters. The number of H-pyrrole nitrogens is 1. The van der Waals surface area contributed by atoms with E-state index in [1.807, 2.05) is 0 Å². The van der Waals surface area contributed by atoms with E-state index in [0.29, 0.717) is 5.82 Å². The fourth-order valence-corrected chi connectivity index (χ4v) is 1.76. The summed E-state index contributed by atoms with van der Waals surface area (Å²) in [6, 6.07) is 1.46. The predicted octanol–water partition coefficient (Wildman–Crippen LogP) is 0.0178. The van der Waals surface area contributed by atoms with Crippen LogP contribution < -0.4 is 16.3 Å². The monoisotopic (exact) mass is 316 g/mol. The number of aromatic amines is 1. The highest BCUT2D eigenvalue weighted by atomic mass is 35.5. The van der Waals surface area contributed by atoms with Crippen LogP contribution in [-0.2, 0) is 9.59 Å². The van der Waals surface area contributed by atoms with Crippen molar-refractivity contribution < 1.29 is 14.7 Å². The van der Waals surface area contributed by atoms with Crippen LogP contribution >= 0.6 is 11.6 Å². The van der Waals surface area contributed by atoms with Crippen LogP contribution in [0.2, 0.25) is 0 Å². The molecule has 1 amide bonds. The van der Waals surface area contributed by atoms with Crippen molar-refractivity contribution in [3.05, 3.63) is 22.7 Å². The molecule has 0 bridgehead atoms. The zero-order valence-corrected chi connectivity index (χ0v) is 12.0. The molecule has 1 aromatic heterocycles. The molecular formula is C12H17ClN4O4. The van der Waals surface area contributed by atoms with Crippen LogP contribution in [0.15, 0.2) is 17.1 Å². The first-order valence-electron chi connectivity index (χ1n) is 6.37. The van der Waals surface area contributed by atoms with Gasteiger partial charge in [0.15, 0.2) is 0 Å². The molecule has 0 aliphatic carbocycles. The Morgan fingerprint density at radius 2 is 2.10 bits per heavy atom. The van der Waals surface area contributed by atoms with Crippen molar-refractivity contribution in [3.8, 4) is 0 Å². The molecule has 1 aliphatic heterocycles. The molecule has 8 nitrogen and oxygen atoms in total. The highest BCUT2D eigenvalue weighted by Gasteiger charge is 2.18. The number of rotatable bonds is 3. The van der Waals surface area contributed by atoms with Gasteiger partial charge in [0.1, 0.15) is 11.7 Å². The molecule has 0 saturated carbocycles. The van der Waals surface area contributed by atoms with Crippen LogP contribution in [0.3, 0.4) is 0 Å². The zero-order chi connectivity index (χ0) is 15.7. The van der Waals surface area contributed by atoms with Gasteiger partial charge >= 0.3 is 11.7 Å². The van der Waals surface area contributed by atoms with Crippen molar-refractivity contribution in [1.29, 1.82) is 0 Å². The zero-order valence-electron chi connectivity index (χ0n) is 11.3. The van der Waals surface area contributed by atoms with Crippen LogP contribution in [0.4, 0.5) is 5.82 Å². The summed E-state index contributed by atoms with van der Waals surface area (Å²) < 4.78 is 0. The Balaban J connectivity index is 0.000000219. The maximum atomic E-state index is 10.7. The number of carboxylic acid groups (broad SMARTS) is 1. The Morgan fingerprint density at radius 1 is 1.43 bits per heavy atom. The Hall–Kier alpha value is -1.93. The summed E-state index contributed by atoms with van der Waals surface area (Å²) in [5.74, 6) is -0.966. The van der Waals surface area contributed by atoms with Crippen molar-refractivity contribution in [2.45, 2.75) is 12.8 Å². The van der Waals surface area contributed by atoms with Gasteiger partial charge in [0, 0.05) is 6.20 Å². The number of hydrogen-bond donors (Lipinski definition) is 4. The Labute approximate surface area is 125 Å². The van der Waals surface area contributed by atoms with Gasteiger partial charge in [-0.25, -0.2) is 9.78 Å². The van der Waals surface area contributed by atoms with Crippen molar-refractivity contribution in [2.75, 3.05) is 24.3 Å². The Morgan fingerprint density at radius 3 is 2.57 bits per heavy atom. The van der Waals surface area contributed by atoms with Crippen molar-refractivity contribution in [3.63, 3.8) is 0 Å². The first-order chi connectivity index (χ1) is 10.0. The SMILES string of the molecule is O=C(CCl)Nc1ccnc(=O)[nH]1.O=C(O)C1CCNCC1. The lowest BCUT2D eigenvalue weighted by molar-refractivity contribution is -0.142. The summed E-state index contributed by atoms with van der Waals surface area (Å²) in [6.07, 6.45) is 2.87. The average molecular weight is 317 g/mol. The minimum atomic E-state index is -0.642. The van der Waals surface area contributed by atoms with Gasteiger partial charge in [-0.15, -0.1) is 11.6 Å². The van der Waals surface area contributed by atoms with E-state index < -0.39 is 11.7 Å². The molecule has 0 aromatic carbocycles. The van der Waals surface area contributed by atoms with E-state index >= 15 is 0 Å². The Kier molecular flexibility index (Phi) is 7.41. The number of carboxylic acids is 1. The molecule has 1 fully saturated rings. The number of nitrogens with one attached hydrogen (secondary N) is 3. The molecule has 2 rings (SSSR count). The van der Waals surface area contributed by atoms with E-state index in [-0.39, 0.29) is 17.7 Å². The number of anilines is 1. The summed E-state index contributed by atoms with van der Waals surface area (Å²) in [6.45, 7) is 1.72. The molecular weight excluding hydrogens is 300 g/mol. The normalized spacial score (nSPS) is 14.7. The first kappa shape index (κ1) is 17.1. The molecule has 2 heterocycles. The van der Waals surface area contributed by atoms with Crippen molar-refractivity contribution >= 4 is 29.3 Å². The lowest BCUT2D eigenvalue weighted by Crippen LogP contribution is -2.31. The molecule has 1 saturated heterocycles. The van der Waals surface area contributed by atoms with Crippen LogP contribution in [0.1, 0.15) is 12.8 Å². The van der Waals surface area contributed by atoms with Crippen LogP contribution in [0.5, 0.6) is 0 Å². The number of carbonyl (C=O) groups excluding carboxylic acids is 1. The number of aliphatic carboxylic acids is 1. The third kappa shape index (κ3) is 6.87. The number of nitrogens with zero attached hydrogens (tertiary/aromatic N) is 1. The number of halogens is 1. The maximum absolute atomic E-state index is 10.7. The van der Waals surface area contributed by atoms with Crippen molar-refractivity contribution in [1.82, 2.24) is 15.3 Å². The molecule has 0 atom stereocenters. The van der Waals surface area contributed by atoms with Gasteiger partial charge in [-0.1, -0.05) is 0 Å². The average Bonchev–Trinajstić information content (AvgIpc) is 2.48. The second kappa shape index (κ2) is 9.09.